The molecule has 0 spiro atoms. The SMILES string of the molecule is CC(=NN)OC(=N)N. The molecule has 0 bridgehead atoms. The number of nitrogens with zero attached hydrogens (tertiary/aromatic N) is 1. The van der Waals surface area contributed by atoms with E-state index in [1.165, 1.54) is 6.92 Å². The highest BCUT2D eigenvalue weighted by Crippen LogP contribution is 1.73. The van der Waals surface area contributed by atoms with Crippen LogP contribution in [0.25, 0.3) is 0 Å². The summed E-state index contributed by atoms with van der Waals surface area (Å²) in [6.07, 6.45) is 0. The molecule has 0 rings (SSSR count). The Labute approximate surface area is 46.8 Å². The Bertz CT molecular complexity index is 118. The fourth-order valence-electron chi connectivity index (χ4n) is 0.185. The summed E-state index contributed by atoms with van der Waals surface area (Å²) in [5.41, 5.74) is 4.79. The number of ether oxygens (including phenoxy) is 1. The first-order chi connectivity index (χ1) is 3.66. The molecular formula is C3H8N4O. The second-order valence-corrected chi connectivity index (χ2v) is 1.11. The number of nitrogens with one attached hydrogen (secondary N) is 1. The Morgan fingerprint density at radius 2 is 2.25 bits per heavy atom. The molecule has 0 aliphatic rings. The molecule has 0 aromatic heterocycles. The van der Waals surface area contributed by atoms with Crippen molar-refractivity contribution >= 4 is 11.9 Å². The molecular weight excluding hydrogens is 108 g/mol. The minimum Gasteiger partial charge on any atom is -0.410 e. The number of hydrazone groups is 1. The van der Waals surface area contributed by atoms with E-state index >= 15 is 0 Å². The van der Waals surface area contributed by atoms with E-state index in [0.717, 1.165) is 0 Å². The highest BCUT2D eigenvalue weighted by molar-refractivity contribution is 5.86. The van der Waals surface area contributed by atoms with Crippen LogP contribution in [-0.4, -0.2) is 11.9 Å². The normalized spacial score (nSPS) is 10.9. The first-order valence-electron chi connectivity index (χ1n) is 1.93. The summed E-state index contributed by atoms with van der Waals surface area (Å²) < 4.78 is 4.39. The summed E-state index contributed by atoms with van der Waals surface area (Å²) in [6.45, 7) is 1.50. The molecule has 0 atom stereocenters. The smallest absolute Gasteiger partial charge is 0.285 e. The van der Waals surface area contributed by atoms with Gasteiger partial charge in [0.2, 0.25) is 5.90 Å². The topological polar surface area (TPSA) is 97.5 Å². The maximum Gasteiger partial charge on any atom is 0.285 e. The van der Waals surface area contributed by atoms with Crippen molar-refractivity contribution in [2.45, 2.75) is 6.92 Å². The summed E-state index contributed by atoms with van der Waals surface area (Å²) in [4.78, 5) is 0. The Morgan fingerprint density at radius 1 is 1.75 bits per heavy atom. The molecule has 0 saturated heterocycles. The molecule has 0 aliphatic carbocycles. The van der Waals surface area contributed by atoms with Gasteiger partial charge in [0.05, 0.1) is 0 Å². The van der Waals surface area contributed by atoms with Crippen LogP contribution in [0.2, 0.25) is 0 Å². The van der Waals surface area contributed by atoms with E-state index in [4.69, 9.17) is 17.0 Å². The third-order valence-corrected chi connectivity index (χ3v) is 0.439. The van der Waals surface area contributed by atoms with Crippen LogP contribution in [-0.2, 0) is 4.74 Å². The Hall–Kier alpha value is -1.26. The number of rotatable bonds is 0. The van der Waals surface area contributed by atoms with Crippen molar-refractivity contribution in [3.63, 3.8) is 0 Å². The van der Waals surface area contributed by atoms with Gasteiger partial charge in [-0.15, -0.1) is 5.10 Å². The number of amidine groups is 1. The van der Waals surface area contributed by atoms with Gasteiger partial charge in [0, 0.05) is 6.92 Å². The van der Waals surface area contributed by atoms with E-state index in [0.29, 0.717) is 0 Å². The van der Waals surface area contributed by atoms with Gasteiger partial charge in [-0.25, -0.2) is 0 Å². The first-order valence-corrected chi connectivity index (χ1v) is 1.93. The average Bonchev–Trinajstić information content (AvgIpc) is 1.65. The summed E-state index contributed by atoms with van der Waals surface area (Å²) >= 11 is 0. The van der Waals surface area contributed by atoms with Crippen molar-refractivity contribution < 1.29 is 4.74 Å². The van der Waals surface area contributed by atoms with Crippen LogP contribution in [0.5, 0.6) is 0 Å². The Morgan fingerprint density at radius 3 is 2.38 bits per heavy atom. The third-order valence-electron chi connectivity index (χ3n) is 0.439. The predicted molar refractivity (Wildman–Crippen MR) is 30.3 cm³/mol. The molecule has 0 heterocycles. The van der Waals surface area contributed by atoms with E-state index < -0.39 is 6.02 Å². The maximum absolute atomic E-state index is 6.55. The minimum atomic E-state index is -0.406. The molecule has 0 fully saturated rings. The van der Waals surface area contributed by atoms with Crippen LogP contribution in [0.15, 0.2) is 5.10 Å². The quantitative estimate of drug-likeness (QED) is 0.167. The van der Waals surface area contributed by atoms with Crippen LogP contribution in [0.1, 0.15) is 6.92 Å². The average molecular weight is 116 g/mol. The van der Waals surface area contributed by atoms with E-state index in [-0.39, 0.29) is 5.90 Å². The molecule has 5 N–H and O–H groups in total. The van der Waals surface area contributed by atoms with E-state index in [2.05, 4.69) is 9.84 Å². The van der Waals surface area contributed by atoms with Crippen molar-refractivity contribution in [3.8, 4) is 0 Å². The molecule has 8 heavy (non-hydrogen) atoms. The van der Waals surface area contributed by atoms with E-state index in [1.54, 1.807) is 0 Å². The van der Waals surface area contributed by atoms with Gasteiger partial charge in [-0.3, -0.25) is 5.41 Å². The zero-order chi connectivity index (χ0) is 6.57. The lowest BCUT2D eigenvalue weighted by Crippen LogP contribution is -2.18. The minimum absolute atomic E-state index is 0.178. The van der Waals surface area contributed by atoms with Gasteiger partial charge in [0.25, 0.3) is 6.02 Å². The standard InChI is InChI=1S/C3H8N4O/c1-2(7-6)8-3(4)5/h6H2,1H3,(H3,4,5). The summed E-state index contributed by atoms with van der Waals surface area (Å²) in [6, 6.07) is -0.406. The second-order valence-electron chi connectivity index (χ2n) is 1.11. The molecule has 0 aromatic rings. The summed E-state index contributed by atoms with van der Waals surface area (Å²) in [7, 11) is 0. The predicted octanol–water partition coefficient (Wildman–Crippen LogP) is -0.811. The molecule has 0 radical (unpaired) electrons. The Kier molecular flexibility index (Phi) is 2.39. The molecule has 5 heteroatoms. The van der Waals surface area contributed by atoms with Crippen molar-refractivity contribution in [2.24, 2.45) is 16.7 Å². The highest BCUT2D eigenvalue weighted by Gasteiger charge is 1.89. The number of hydrogen-bond acceptors (Lipinski definition) is 4. The van der Waals surface area contributed by atoms with Gasteiger partial charge in [0.1, 0.15) is 0 Å². The zero-order valence-corrected chi connectivity index (χ0v) is 4.51. The van der Waals surface area contributed by atoms with Crippen LogP contribution in [0.3, 0.4) is 0 Å². The van der Waals surface area contributed by atoms with Gasteiger partial charge in [-0.1, -0.05) is 0 Å². The molecule has 5 nitrogen and oxygen atoms in total. The van der Waals surface area contributed by atoms with Crippen LogP contribution in [0.4, 0.5) is 0 Å². The molecule has 46 valence electrons. The highest BCUT2D eigenvalue weighted by atomic mass is 16.5. The van der Waals surface area contributed by atoms with Gasteiger partial charge in [0.15, 0.2) is 0 Å². The van der Waals surface area contributed by atoms with Crippen LogP contribution < -0.4 is 11.6 Å². The van der Waals surface area contributed by atoms with Crippen molar-refractivity contribution in [1.29, 1.82) is 5.41 Å². The molecule has 0 unspecified atom stereocenters. The molecule has 0 saturated carbocycles. The largest absolute Gasteiger partial charge is 0.410 e. The summed E-state index contributed by atoms with van der Waals surface area (Å²) in [5.74, 6) is 4.91. The van der Waals surface area contributed by atoms with E-state index in [1.807, 2.05) is 0 Å². The molecule has 0 aromatic carbocycles. The van der Waals surface area contributed by atoms with Crippen molar-refractivity contribution in [3.05, 3.63) is 0 Å². The third kappa shape index (κ3) is 2.95. The molecule has 0 amide bonds. The number of nitrogens with two attached hydrogens (primary N) is 2. The fourth-order valence-corrected chi connectivity index (χ4v) is 0.185. The lowest BCUT2D eigenvalue weighted by Gasteiger charge is -1.96. The fraction of sp³-hybridized carbons (Fsp3) is 0.333. The maximum atomic E-state index is 6.55. The lowest BCUT2D eigenvalue weighted by atomic mass is 10.8. The molecule has 0 aliphatic heterocycles. The van der Waals surface area contributed by atoms with Gasteiger partial charge in [-0.2, -0.15) is 0 Å². The lowest BCUT2D eigenvalue weighted by molar-refractivity contribution is 0.523. The number of hydrogen-bond donors (Lipinski definition) is 3. The summed E-state index contributed by atoms with van der Waals surface area (Å²) in [5, 5.41) is 9.65. The monoisotopic (exact) mass is 116 g/mol. The zero-order valence-electron chi connectivity index (χ0n) is 4.51. The second kappa shape index (κ2) is 2.84. The van der Waals surface area contributed by atoms with E-state index in [9.17, 15) is 0 Å². The first kappa shape index (κ1) is 6.74. The van der Waals surface area contributed by atoms with Crippen molar-refractivity contribution in [2.75, 3.05) is 0 Å². The van der Waals surface area contributed by atoms with Crippen LogP contribution >= 0.6 is 0 Å². The van der Waals surface area contributed by atoms with Gasteiger partial charge >= 0.3 is 0 Å². The Balaban J connectivity index is 3.56. The van der Waals surface area contributed by atoms with Crippen molar-refractivity contribution in [1.82, 2.24) is 0 Å². The van der Waals surface area contributed by atoms with Crippen LogP contribution in [0, 0.1) is 5.41 Å². The van der Waals surface area contributed by atoms with Gasteiger partial charge < -0.3 is 16.3 Å². The van der Waals surface area contributed by atoms with Gasteiger partial charge in [-0.05, 0) is 0 Å².